The standard InChI is InChI=1S/C14H23NO/c1-3-5-12(2)10-14(16)8-7-13-6-4-9-15-11-13/h4,6,9,11-12,14,16H,3,5,7-8,10H2,1-2H3. The quantitative estimate of drug-likeness (QED) is 0.767. The van der Waals surface area contributed by atoms with E-state index in [1.807, 2.05) is 12.3 Å². The molecule has 1 aromatic heterocycles. The minimum Gasteiger partial charge on any atom is -0.393 e. The van der Waals surface area contributed by atoms with Crippen LogP contribution < -0.4 is 0 Å². The lowest BCUT2D eigenvalue weighted by molar-refractivity contribution is 0.134. The van der Waals surface area contributed by atoms with E-state index in [9.17, 15) is 5.11 Å². The largest absolute Gasteiger partial charge is 0.393 e. The molecule has 1 aromatic rings. The van der Waals surface area contributed by atoms with Crippen molar-refractivity contribution in [2.75, 3.05) is 0 Å². The number of hydrogen-bond acceptors (Lipinski definition) is 2. The predicted octanol–water partition coefficient (Wildman–Crippen LogP) is 3.20. The van der Waals surface area contributed by atoms with E-state index < -0.39 is 0 Å². The van der Waals surface area contributed by atoms with Gasteiger partial charge in [0, 0.05) is 12.4 Å². The number of rotatable bonds is 7. The Labute approximate surface area is 98.7 Å². The molecule has 2 nitrogen and oxygen atoms in total. The number of hydrogen-bond donors (Lipinski definition) is 1. The molecule has 0 saturated heterocycles. The van der Waals surface area contributed by atoms with Crippen LogP contribution in [0.25, 0.3) is 0 Å². The van der Waals surface area contributed by atoms with Crippen LogP contribution in [-0.4, -0.2) is 16.2 Å². The Morgan fingerprint density at radius 3 is 2.81 bits per heavy atom. The van der Waals surface area contributed by atoms with E-state index >= 15 is 0 Å². The number of pyridine rings is 1. The predicted molar refractivity (Wildman–Crippen MR) is 67.3 cm³/mol. The zero-order valence-corrected chi connectivity index (χ0v) is 10.4. The number of aliphatic hydroxyl groups excluding tert-OH is 1. The molecule has 0 bridgehead atoms. The van der Waals surface area contributed by atoms with Crippen LogP contribution in [0.2, 0.25) is 0 Å². The van der Waals surface area contributed by atoms with Gasteiger partial charge in [-0.3, -0.25) is 4.98 Å². The van der Waals surface area contributed by atoms with Gasteiger partial charge in [-0.2, -0.15) is 0 Å². The summed E-state index contributed by atoms with van der Waals surface area (Å²) in [5, 5.41) is 9.89. The maximum atomic E-state index is 9.89. The summed E-state index contributed by atoms with van der Waals surface area (Å²) in [5.41, 5.74) is 1.21. The first-order valence-corrected chi connectivity index (χ1v) is 6.29. The van der Waals surface area contributed by atoms with Gasteiger partial charge in [-0.05, 0) is 36.8 Å². The molecule has 0 spiro atoms. The average Bonchev–Trinajstić information content (AvgIpc) is 2.28. The van der Waals surface area contributed by atoms with Crippen molar-refractivity contribution in [3.05, 3.63) is 30.1 Å². The molecule has 0 aromatic carbocycles. The van der Waals surface area contributed by atoms with Crippen LogP contribution in [0, 0.1) is 5.92 Å². The molecule has 16 heavy (non-hydrogen) atoms. The SMILES string of the molecule is CCCC(C)CC(O)CCc1cccnc1. The second-order valence-electron chi connectivity index (χ2n) is 4.68. The van der Waals surface area contributed by atoms with Crippen molar-refractivity contribution in [3.63, 3.8) is 0 Å². The number of aromatic nitrogens is 1. The van der Waals surface area contributed by atoms with Crippen LogP contribution in [-0.2, 0) is 6.42 Å². The zero-order chi connectivity index (χ0) is 11.8. The topological polar surface area (TPSA) is 33.1 Å². The van der Waals surface area contributed by atoms with Gasteiger partial charge in [0.1, 0.15) is 0 Å². The van der Waals surface area contributed by atoms with E-state index in [0.717, 1.165) is 19.3 Å². The van der Waals surface area contributed by atoms with Crippen molar-refractivity contribution in [2.24, 2.45) is 5.92 Å². The summed E-state index contributed by atoms with van der Waals surface area (Å²) in [5.74, 6) is 0.633. The Morgan fingerprint density at radius 2 is 2.19 bits per heavy atom. The number of aryl methyl sites for hydroxylation is 1. The van der Waals surface area contributed by atoms with Crippen molar-refractivity contribution < 1.29 is 5.11 Å². The second kappa shape index (κ2) is 7.39. The smallest absolute Gasteiger partial charge is 0.0546 e. The Morgan fingerprint density at radius 1 is 1.38 bits per heavy atom. The summed E-state index contributed by atoms with van der Waals surface area (Å²) in [7, 11) is 0. The highest BCUT2D eigenvalue weighted by atomic mass is 16.3. The highest BCUT2D eigenvalue weighted by Crippen LogP contribution is 2.15. The van der Waals surface area contributed by atoms with Gasteiger partial charge in [0.15, 0.2) is 0 Å². The average molecular weight is 221 g/mol. The van der Waals surface area contributed by atoms with E-state index in [1.165, 1.54) is 18.4 Å². The van der Waals surface area contributed by atoms with Gasteiger partial charge < -0.3 is 5.11 Å². The molecule has 2 unspecified atom stereocenters. The highest BCUT2D eigenvalue weighted by molar-refractivity contribution is 5.08. The van der Waals surface area contributed by atoms with Crippen LogP contribution >= 0.6 is 0 Å². The molecule has 0 fully saturated rings. The third-order valence-corrected chi connectivity index (χ3v) is 2.94. The van der Waals surface area contributed by atoms with E-state index in [1.54, 1.807) is 6.20 Å². The van der Waals surface area contributed by atoms with Gasteiger partial charge in [0.2, 0.25) is 0 Å². The fraction of sp³-hybridized carbons (Fsp3) is 0.643. The highest BCUT2D eigenvalue weighted by Gasteiger charge is 2.09. The Balaban J connectivity index is 2.22. The first-order chi connectivity index (χ1) is 7.72. The maximum Gasteiger partial charge on any atom is 0.0546 e. The second-order valence-corrected chi connectivity index (χ2v) is 4.68. The van der Waals surface area contributed by atoms with Crippen molar-refractivity contribution in [1.29, 1.82) is 0 Å². The van der Waals surface area contributed by atoms with Crippen LogP contribution in [0.1, 0.15) is 45.1 Å². The molecule has 2 heteroatoms. The molecule has 0 radical (unpaired) electrons. The summed E-state index contributed by atoms with van der Waals surface area (Å²) in [6.07, 6.45) is 8.61. The van der Waals surface area contributed by atoms with Crippen molar-refractivity contribution in [3.8, 4) is 0 Å². The van der Waals surface area contributed by atoms with Gasteiger partial charge >= 0.3 is 0 Å². The lowest BCUT2D eigenvalue weighted by atomic mass is 9.96. The summed E-state index contributed by atoms with van der Waals surface area (Å²) < 4.78 is 0. The maximum absolute atomic E-state index is 9.89. The first kappa shape index (κ1) is 13.2. The molecule has 0 saturated carbocycles. The molecule has 1 N–H and O–H groups in total. The van der Waals surface area contributed by atoms with Crippen molar-refractivity contribution in [2.45, 2.75) is 52.1 Å². The van der Waals surface area contributed by atoms with Gasteiger partial charge in [0.05, 0.1) is 6.10 Å². The summed E-state index contributed by atoms with van der Waals surface area (Å²) in [6.45, 7) is 4.41. The first-order valence-electron chi connectivity index (χ1n) is 6.29. The third-order valence-electron chi connectivity index (χ3n) is 2.94. The zero-order valence-electron chi connectivity index (χ0n) is 10.4. The Hall–Kier alpha value is -0.890. The number of aliphatic hydroxyl groups is 1. The van der Waals surface area contributed by atoms with Gasteiger partial charge in [-0.15, -0.1) is 0 Å². The molecule has 1 rings (SSSR count). The molecule has 0 amide bonds. The molecule has 0 aliphatic carbocycles. The summed E-state index contributed by atoms with van der Waals surface area (Å²) in [6, 6.07) is 4.01. The normalized spacial score (nSPS) is 14.7. The number of nitrogens with zero attached hydrogens (tertiary/aromatic N) is 1. The summed E-state index contributed by atoms with van der Waals surface area (Å²) >= 11 is 0. The van der Waals surface area contributed by atoms with Gasteiger partial charge in [-0.1, -0.05) is 32.8 Å². The fourth-order valence-electron chi connectivity index (χ4n) is 2.07. The monoisotopic (exact) mass is 221 g/mol. The van der Waals surface area contributed by atoms with Crippen LogP contribution in [0.4, 0.5) is 0 Å². The molecule has 0 aliphatic heterocycles. The Bertz CT molecular complexity index is 273. The van der Waals surface area contributed by atoms with Crippen LogP contribution in [0.15, 0.2) is 24.5 Å². The molecule has 1 heterocycles. The third kappa shape index (κ3) is 5.26. The molecule has 90 valence electrons. The van der Waals surface area contributed by atoms with E-state index in [-0.39, 0.29) is 6.10 Å². The lowest BCUT2D eigenvalue weighted by Crippen LogP contribution is -2.12. The van der Waals surface area contributed by atoms with Crippen molar-refractivity contribution in [1.82, 2.24) is 4.98 Å². The van der Waals surface area contributed by atoms with Crippen LogP contribution in [0.3, 0.4) is 0 Å². The fourth-order valence-corrected chi connectivity index (χ4v) is 2.07. The van der Waals surface area contributed by atoms with Crippen molar-refractivity contribution >= 4 is 0 Å². The lowest BCUT2D eigenvalue weighted by Gasteiger charge is -2.15. The van der Waals surface area contributed by atoms with E-state index in [4.69, 9.17) is 0 Å². The van der Waals surface area contributed by atoms with Crippen LogP contribution in [0.5, 0.6) is 0 Å². The molecular weight excluding hydrogens is 198 g/mol. The minimum atomic E-state index is -0.165. The van der Waals surface area contributed by atoms with E-state index in [0.29, 0.717) is 5.92 Å². The van der Waals surface area contributed by atoms with Gasteiger partial charge in [0.25, 0.3) is 0 Å². The van der Waals surface area contributed by atoms with Gasteiger partial charge in [-0.25, -0.2) is 0 Å². The molecule has 0 aliphatic rings. The Kier molecular flexibility index (Phi) is 6.09. The summed E-state index contributed by atoms with van der Waals surface area (Å²) in [4.78, 5) is 4.07. The molecular formula is C14H23NO. The van der Waals surface area contributed by atoms with E-state index in [2.05, 4.69) is 24.9 Å². The molecule has 2 atom stereocenters. The minimum absolute atomic E-state index is 0.165.